The monoisotopic (exact) mass is 260 g/mol. The van der Waals surface area contributed by atoms with E-state index in [0.29, 0.717) is 5.41 Å². The fourth-order valence-electron chi connectivity index (χ4n) is 3.49. The summed E-state index contributed by atoms with van der Waals surface area (Å²) in [5, 5.41) is 0. The van der Waals surface area contributed by atoms with E-state index < -0.39 is 0 Å². The molecule has 2 nitrogen and oxygen atoms in total. The first-order valence-corrected chi connectivity index (χ1v) is 7.53. The third-order valence-electron chi connectivity index (χ3n) is 4.91. The first-order valence-electron chi connectivity index (χ1n) is 7.53. The summed E-state index contributed by atoms with van der Waals surface area (Å²) >= 11 is 0. The second-order valence-corrected chi connectivity index (χ2v) is 7.34. The molecule has 0 aromatic carbocycles. The molecule has 0 amide bonds. The van der Waals surface area contributed by atoms with Gasteiger partial charge in [-0.1, -0.05) is 27.2 Å². The fraction of sp³-hybridized carbons (Fsp3) is 0.706. The molecule has 0 radical (unpaired) electrons. The van der Waals surface area contributed by atoms with Crippen molar-refractivity contribution in [2.75, 3.05) is 0 Å². The third-order valence-corrected chi connectivity index (χ3v) is 4.91. The lowest BCUT2D eigenvalue weighted by Gasteiger charge is -2.32. The van der Waals surface area contributed by atoms with E-state index in [1.807, 2.05) is 12.4 Å². The molecule has 2 unspecified atom stereocenters. The summed E-state index contributed by atoms with van der Waals surface area (Å²) in [6.45, 7) is 9.22. The van der Waals surface area contributed by atoms with Crippen LogP contribution in [0.3, 0.4) is 0 Å². The second kappa shape index (κ2) is 5.24. The minimum absolute atomic E-state index is 0.168. The van der Waals surface area contributed by atoms with Gasteiger partial charge in [-0.2, -0.15) is 0 Å². The minimum atomic E-state index is -0.168. The highest BCUT2D eigenvalue weighted by Crippen LogP contribution is 2.42. The van der Waals surface area contributed by atoms with Gasteiger partial charge in [0.15, 0.2) is 0 Å². The maximum absolute atomic E-state index is 6.75. The van der Waals surface area contributed by atoms with Gasteiger partial charge in [0.05, 0.1) is 0 Å². The van der Waals surface area contributed by atoms with Crippen molar-refractivity contribution in [1.82, 2.24) is 4.98 Å². The lowest BCUT2D eigenvalue weighted by Crippen LogP contribution is -2.37. The van der Waals surface area contributed by atoms with Crippen molar-refractivity contribution in [3.63, 3.8) is 0 Å². The predicted octanol–water partition coefficient (Wildman–Crippen LogP) is 4.17. The second-order valence-electron chi connectivity index (χ2n) is 7.34. The molecule has 0 aliphatic heterocycles. The summed E-state index contributed by atoms with van der Waals surface area (Å²) in [4.78, 5) is 4.28. The van der Waals surface area contributed by atoms with Crippen molar-refractivity contribution in [2.45, 2.75) is 65.3 Å². The van der Waals surface area contributed by atoms with E-state index >= 15 is 0 Å². The van der Waals surface area contributed by atoms with Gasteiger partial charge in [-0.15, -0.1) is 0 Å². The molecule has 0 bridgehead atoms. The summed E-state index contributed by atoms with van der Waals surface area (Å²) in [5.41, 5.74) is 9.51. The Bertz CT molecular complexity index is 433. The van der Waals surface area contributed by atoms with Crippen molar-refractivity contribution >= 4 is 0 Å². The molecular weight excluding hydrogens is 232 g/mol. The molecule has 1 aromatic rings. The highest BCUT2D eigenvalue weighted by molar-refractivity contribution is 5.29. The lowest BCUT2D eigenvalue weighted by atomic mass is 9.75. The summed E-state index contributed by atoms with van der Waals surface area (Å²) in [6.07, 6.45) is 9.78. The maximum atomic E-state index is 6.75. The van der Waals surface area contributed by atoms with Crippen LogP contribution in [0.2, 0.25) is 0 Å². The van der Waals surface area contributed by atoms with Crippen LogP contribution < -0.4 is 5.73 Å². The average molecular weight is 260 g/mol. The van der Waals surface area contributed by atoms with E-state index in [-0.39, 0.29) is 5.54 Å². The van der Waals surface area contributed by atoms with Gasteiger partial charge in [-0.05, 0) is 61.1 Å². The van der Waals surface area contributed by atoms with Gasteiger partial charge in [0.25, 0.3) is 0 Å². The van der Waals surface area contributed by atoms with Crippen LogP contribution in [0.25, 0.3) is 0 Å². The van der Waals surface area contributed by atoms with Gasteiger partial charge >= 0.3 is 0 Å². The predicted molar refractivity (Wildman–Crippen MR) is 80.9 cm³/mol. The van der Waals surface area contributed by atoms with Gasteiger partial charge in [0, 0.05) is 17.9 Å². The van der Waals surface area contributed by atoms with Crippen molar-refractivity contribution < 1.29 is 0 Å². The van der Waals surface area contributed by atoms with Crippen LogP contribution in [0.4, 0.5) is 0 Å². The van der Waals surface area contributed by atoms with Crippen LogP contribution in [0, 0.1) is 18.3 Å². The summed E-state index contributed by atoms with van der Waals surface area (Å²) < 4.78 is 0. The topological polar surface area (TPSA) is 38.9 Å². The zero-order valence-corrected chi connectivity index (χ0v) is 12.9. The van der Waals surface area contributed by atoms with E-state index in [2.05, 4.69) is 38.7 Å². The van der Waals surface area contributed by atoms with E-state index in [4.69, 9.17) is 5.73 Å². The van der Waals surface area contributed by atoms with Crippen molar-refractivity contribution in [3.05, 3.63) is 29.6 Å². The van der Waals surface area contributed by atoms with Gasteiger partial charge in [-0.3, -0.25) is 4.98 Å². The van der Waals surface area contributed by atoms with E-state index in [1.54, 1.807) is 0 Å². The molecule has 1 aliphatic rings. The average Bonchev–Trinajstić information content (AvgIpc) is 2.52. The molecule has 0 saturated heterocycles. The van der Waals surface area contributed by atoms with Crippen LogP contribution in [0.15, 0.2) is 18.5 Å². The number of aryl methyl sites for hydroxylation is 1. The number of rotatable bonds is 1. The smallest absolute Gasteiger partial charge is 0.0427 e. The van der Waals surface area contributed by atoms with Gasteiger partial charge in [0.2, 0.25) is 0 Å². The maximum Gasteiger partial charge on any atom is 0.0427 e. The van der Waals surface area contributed by atoms with Gasteiger partial charge in [-0.25, -0.2) is 0 Å². The Hall–Kier alpha value is -0.890. The minimum Gasteiger partial charge on any atom is -0.321 e. The van der Waals surface area contributed by atoms with Gasteiger partial charge < -0.3 is 5.73 Å². The van der Waals surface area contributed by atoms with E-state index in [0.717, 1.165) is 18.8 Å². The standard InChI is InChI=1S/C17H28N2/c1-13-8-11-19-12-15(13)17(18)9-5-6-14(7-10-17)16(2,3)4/h8,11-12,14H,5-7,9-10,18H2,1-4H3. The van der Waals surface area contributed by atoms with Crippen molar-refractivity contribution in [2.24, 2.45) is 17.1 Å². The van der Waals surface area contributed by atoms with E-state index in [9.17, 15) is 0 Å². The zero-order valence-electron chi connectivity index (χ0n) is 12.9. The highest BCUT2D eigenvalue weighted by Gasteiger charge is 2.35. The molecule has 1 aromatic heterocycles. The number of nitrogens with zero attached hydrogens (tertiary/aromatic N) is 1. The zero-order chi connectivity index (χ0) is 14.1. The molecule has 2 rings (SSSR count). The summed E-state index contributed by atoms with van der Waals surface area (Å²) in [7, 11) is 0. The van der Waals surface area contributed by atoms with Crippen LogP contribution in [-0.2, 0) is 5.54 Å². The lowest BCUT2D eigenvalue weighted by molar-refractivity contribution is 0.210. The normalized spacial score (nSPS) is 29.0. The molecule has 0 spiro atoms. The first kappa shape index (κ1) is 14.5. The summed E-state index contributed by atoms with van der Waals surface area (Å²) in [5.74, 6) is 0.787. The van der Waals surface area contributed by atoms with Gasteiger partial charge in [0.1, 0.15) is 0 Å². The molecule has 1 aliphatic carbocycles. The third kappa shape index (κ3) is 3.17. The number of aromatic nitrogens is 1. The molecule has 1 fully saturated rings. The Kier molecular flexibility index (Phi) is 4.00. The molecule has 1 heterocycles. The molecule has 19 heavy (non-hydrogen) atoms. The largest absolute Gasteiger partial charge is 0.321 e. The fourth-order valence-corrected chi connectivity index (χ4v) is 3.49. The Morgan fingerprint density at radius 3 is 2.63 bits per heavy atom. The highest BCUT2D eigenvalue weighted by atomic mass is 14.8. The van der Waals surface area contributed by atoms with E-state index in [1.165, 1.54) is 30.4 Å². The molecule has 2 heteroatoms. The summed E-state index contributed by atoms with van der Waals surface area (Å²) in [6, 6.07) is 2.08. The molecule has 2 N–H and O–H groups in total. The molecule has 106 valence electrons. The molecule has 1 saturated carbocycles. The number of hydrogen-bond donors (Lipinski definition) is 1. The van der Waals surface area contributed by atoms with Crippen molar-refractivity contribution in [3.8, 4) is 0 Å². The van der Waals surface area contributed by atoms with Crippen molar-refractivity contribution in [1.29, 1.82) is 0 Å². The van der Waals surface area contributed by atoms with Crippen LogP contribution in [0.1, 0.15) is 64.0 Å². The Morgan fingerprint density at radius 1 is 1.26 bits per heavy atom. The molecular formula is C17H28N2. The molecule has 2 atom stereocenters. The Balaban J connectivity index is 2.20. The van der Waals surface area contributed by atoms with Crippen LogP contribution >= 0.6 is 0 Å². The Labute approximate surface area is 117 Å². The number of hydrogen-bond acceptors (Lipinski definition) is 2. The number of nitrogens with two attached hydrogens (primary N) is 1. The SMILES string of the molecule is Cc1ccncc1C1(N)CCCC(C(C)(C)C)CC1. The first-order chi connectivity index (χ1) is 8.83. The van der Waals surface area contributed by atoms with Crippen LogP contribution in [-0.4, -0.2) is 4.98 Å². The number of pyridine rings is 1. The quantitative estimate of drug-likeness (QED) is 0.770. The Morgan fingerprint density at radius 2 is 2.00 bits per heavy atom. The van der Waals surface area contributed by atoms with Crippen LogP contribution in [0.5, 0.6) is 0 Å².